The van der Waals surface area contributed by atoms with Crippen molar-refractivity contribution in [3.63, 3.8) is 0 Å². The highest BCUT2D eigenvalue weighted by molar-refractivity contribution is 5.92. The zero-order valence-corrected chi connectivity index (χ0v) is 15.3. The lowest BCUT2D eigenvalue weighted by atomic mass is 9.47. The van der Waals surface area contributed by atoms with Crippen molar-refractivity contribution in [2.75, 3.05) is 7.11 Å². The van der Waals surface area contributed by atoms with Crippen LogP contribution in [0.25, 0.3) is 0 Å². The number of ether oxygens (including phenoxy) is 1. The fourth-order valence-corrected chi connectivity index (χ4v) is 4.85. The number of fused-ring (bicyclic) bond motifs is 2. The second-order valence-electron chi connectivity index (χ2n) is 7.37. The molecule has 7 nitrogen and oxygen atoms in total. The van der Waals surface area contributed by atoms with Gasteiger partial charge in [0, 0.05) is 18.3 Å². The Kier molecular flexibility index (Phi) is 4.34. The van der Waals surface area contributed by atoms with Crippen molar-refractivity contribution in [3.05, 3.63) is 29.8 Å². The summed E-state index contributed by atoms with van der Waals surface area (Å²) in [7, 11) is 1.55. The molecule has 0 spiro atoms. The van der Waals surface area contributed by atoms with Crippen molar-refractivity contribution in [1.29, 1.82) is 15.8 Å². The van der Waals surface area contributed by atoms with Crippen LogP contribution in [-0.4, -0.2) is 18.7 Å². The van der Waals surface area contributed by atoms with Gasteiger partial charge in [-0.2, -0.15) is 15.8 Å². The molecule has 0 aromatic heterocycles. The molecular weight excluding hydrogens is 342 g/mol. The van der Waals surface area contributed by atoms with Gasteiger partial charge in [0.15, 0.2) is 10.8 Å². The molecule has 2 aliphatic rings. The van der Waals surface area contributed by atoms with Gasteiger partial charge in [0.2, 0.25) is 5.91 Å². The van der Waals surface area contributed by atoms with Crippen molar-refractivity contribution in [2.24, 2.45) is 22.5 Å². The molecule has 1 aromatic carbocycles. The molecule has 4 atom stereocenters. The number of hydrogen-bond acceptors (Lipinski definition) is 6. The van der Waals surface area contributed by atoms with E-state index in [0.717, 1.165) is 6.42 Å². The van der Waals surface area contributed by atoms with Gasteiger partial charge in [0.1, 0.15) is 5.75 Å². The van der Waals surface area contributed by atoms with E-state index in [1.807, 2.05) is 13.0 Å². The van der Waals surface area contributed by atoms with E-state index in [0.29, 0.717) is 17.7 Å². The van der Waals surface area contributed by atoms with E-state index in [-0.39, 0.29) is 12.3 Å². The van der Waals surface area contributed by atoms with Gasteiger partial charge in [-0.15, -0.1) is 0 Å². The Balaban J connectivity index is 2.31. The van der Waals surface area contributed by atoms with Gasteiger partial charge in [0.25, 0.3) is 0 Å². The summed E-state index contributed by atoms with van der Waals surface area (Å²) >= 11 is 0. The molecule has 3 N–H and O–H groups in total. The lowest BCUT2D eigenvalue weighted by molar-refractivity contribution is -0.128. The van der Waals surface area contributed by atoms with E-state index in [4.69, 9.17) is 10.5 Å². The van der Waals surface area contributed by atoms with Crippen LogP contribution in [0.3, 0.4) is 0 Å². The van der Waals surface area contributed by atoms with Gasteiger partial charge in [-0.3, -0.25) is 4.79 Å². The number of amides is 1. The maximum atomic E-state index is 12.8. The lowest BCUT2D eigenvalue weighted by Crippen LogP contribution is -2.62. The highest BCUT2D eigenvalue weighted by atomic mass is 16.5. The van der Waals surface area contributed by atoms with Crippen LogP contribution < -0.4 is 15.8 Å². The summed E-state index contributed by atoms with van der Waals surface area (Å²) in [6.45, 7) is 1.98. The Bertz CT molecular complexity index is 877. The summed E-state index contributed by atoms with van der Waals surface area (Å²) in [5, 5.41) is 32.9. The first-order valence-electron chi connectivity index (χ1n) is 8.87. The summed E-state index contributed by atoms with van der Waals surface area (Å²) in [5.74, 6) is -1.04. The monoisotopic (exact) mass is 363 g/mol. The maximum absolute atomic E-state index is 12.8. The zero-order valence-electron chi connectivity index (χ0n) is 15.3. The van der Waals surface area contributed by atoms with Gasteiger partial charge in [-0.25, -0.2) is 0 Å². The van der Waals surface area contributed by atoms with Crippen LogP contribution in [-0.2, 0) is 4.79 Å². The molecule has 1 aromatic rings. The lowest BCUT2D eigenvalue weighted by Gasteiger charge is -2.50. The fraction of sp³-hybridized carbons (Fsp3) is 0.500. The Morgan fingerprint density at radius 2 is 1.85 bits per heavy atom. The standard InChI is InChI=1S/C20H21N5O2/c1-3-4-15-16(13-5-7-14(27-2)8-6-13)19(11-22,12-23)18(10-21)9-20(15,24)25-17(18)26/h5-8,15-16H,3-4,9,24H2,1-2H3,(H,25,26)/t15-,16-,18+,20+/m1/s1. The Morgan fingerprint density at radius 1 is 1.22 bits per heavy atom. The Hall–Kier alpha value is -3.08. The first kappa shape index (κ1) is 18.7. The molecule has 1 heterocycles. The van der Waals surface area contributed by atoms with Gasteiger partial charge in [-0.05, 0) is 24.1 Å². The number of carbonyl (C=O) groups excluding carboxylic acids is 1. The molecular formula is C20H21N5O2. The Labute approximate surface area is 158 Å². The van der Waals surface area contributed by atoms with Crippen LogP contribution in [0.5, 0.6) is 5.75 Å². The highest BCUT2D eigenvalue weighted by Crippen LogP contribution is 2.64. The molecule has 2 bridgehead atoms. The summed E-state index contributed by atoms with van der Waals surface area (Å²) in [4.78, 5) is 12.8. The van der Waals surface area contributed by atoms with E-state index >= 15 is 0 Å². The van der Waals surface area contributed by atoms with Crippen LogP contribution >= 0.6 is 0 Å². The minimum atomic E-state index is -1.83. The highest BCUT2D eigenvalue weighted by Gasteiger charge is 2.76. The second-order valence-corrected chi connectivity index (χ2v) is 7.37. The summed E-state index contributed by atoms with van der Waals surface area (Å²) < 4.78 is 5.19. The van der Waals surface area contributed by atoms with Crippen molar-refractivity contribution < 1.29 is 9.53 Å². The molecule has 1 saturated carbocycles. The molecule has 3 rings (SSSR count). The first-order chi connectivity index (χ1) is 12.9. The normalized spacial score (nSPS) is 33.3. The molecule has 7 heteroatoms. The number of carbonyl (C=O) groups is 1. The van der Waals surface area contributed by atoms with Gasteiger partial charge >= 0.3 is 0 Å². The number of methoxy groups -OCH3 is 1. The zero-order chi connectivity index (χ0) is 19.9. The van der Waals surface area contributed by atoms with E-state index in [1.54, 1.807) is 31.4 Å². The summed E-state index contributed by atoms with van der Waals surface area (Å²) in [6.07, 6.45) is 1.33. The largest absolute Gasteiger partial charge is 0.497 e. The van der Waals surface area contributed by atoms with Crippen LogP contribution in [0.15, 0.2) is 24.3 Å². The molecule has 1 aliphatic carbocycles. The number of nitriles is 3. The molecule has 138 valence electrons. The van der Waals surface area contributed by atoms with Crippen LogP contribution in [0.4, 0.5) is 0 Å². The number of rotatable bonds is 4. The van der Waals surface area contributed by atoms with Gasteiger partial charge in [-0.1, -0.05) is 25.5 Å². The average Bonchev–Trinajstić information content (AvgIpc) is 2.94. The minimum absolute atomic E-state index is 0.0478. The quantitative estimate of drug-likeness (QED) is 0.839. The van der Waals surface area contributed by atoms with E-state index < -0.39 is 28.3 Å². The van der Waals surface area contributed by atoms with Crippen LogP contribution in [0.2, 0.25) is 0 Å². The SMILES string of the molecule is CCC[C@@H]1[C@@H](c2ccc(OC)cc2)C(C#N)(C#N)[C@]2(C#N)C[C@]1(N)NC2=O. The number of nitrogens with zero attached hydrogens (tertiary/aromatic N) is 3. The fourth-order valence-electron chi connectivity index (χ4n) is 4.85. The number of nitrogens with two attached hydrogens (primary N) is 1. The van der Waals surface area contributed by atoms with Gasteiger partial charge in [0.05, 0.1) is 31.0 Å². The topological polar surface area (TPSA) is 136 Å². The van der Waals surface area contributed by atoms with E-state index in [9.17, 15) is 20.6 Å². The third kappa shape index (κ3) is 2.24. The molecule has 27 heavy (non-hydrogen) atoms. The van der Waals surface area contributed by atoms with E-state index in [2.05, 4.69) is 17.5 Å². The molecule has 1 saturated heterocycles. The van der Waals surface area contributed by atoms with Crippen LogP contribution in [0.1, 0.15) is 37.7 Å². The number of nitrogens with one attached hydrogen (secondary N) is 1. The molecule has 2 fully saturated rings. The Morgan fingerprint density at radius 3 is 2.33 bits per heavy atom. The molecule has 0 radical (unpaired) electrons. The second kappa shape index (κ2) is 6.27. The molecule has 1 aliphatic heterocycles. The minimum Gasteiger partial charge on any atom is -0.497 e. The van der Waals surface area contributed by atoms with Crippen molar-refractivity contribution >= 4 is 5.91 Å². The molecule has 1 amide bonds. The predicted molar refractivity (Wildman–Crippen MR) is 95.5 cm³/mol. The summed E-state index contributed by atoms with van der Waals surface area (Å²) in [6, 6.07) is 13.2. The van der Waals surface area contributed by atoms with Crippen molar-refractivity contribution in [2.45, 2.75) is 37.8 Å². The third-order valence-corrected chi connectivity index (χ3v) is 6.11. The smallest absolute Gasteiger partial charge is 0.244 e. The first-order valence-corrected chi connectivity index (χ1v) is 8.87. The van der Waals surface area contributed by atoms with Crippen molar-refractivity contribution in [3.8, 4) is 24.0 Å². The predicted octanol–water partition coefficient (Wildman–Crippen LogP) is 1.93. The van der Waals surface area contributed by atoms with Gasteiger partial charge < -0.3 is 15.8 Å². The van der Waals surface area contributed by atoms with E-state index in [1.165, 1.54) is 0 Å². The van der Waals surface area contributed by atoms with Crippen molar-refractivity contribution in [1.82, 2.24) is 5.32 Å². The third-order valence-electron chi connectivity index (χ3n) is 6.11. The number of hydrogen-bond donors (Lipinski definition) is 2. The summed E-state index contributed by atoms with van der Waals surface area (Å²) in [5.41, 5.74) is 2.49. The molecule has 0 unspecified atom stereocenters. The average molecular weight is 363 g/mol. The maximum Gasteiger partial charge on any atom is 0.244 e. The number of benzene rings is 1. The van der Waals surface area contributed by atoms with Crippen LogP contribution in [0, 0.1) is 50.7 Å².